The first-order valence-electron chi connectivity index (χ1n) is 12.6. The van der Waals surface area contributed by atoms with Gasteiger partial charge in [-0.2, -0.15) is 0 Å². The van der Waals surface area contributed by atoms with Gasteiger partial charge in [0.1, 0.15) is 7.05 Å². The van der Waals surface area contributed by atoms with Crippen molar-refractivity contribution in [3.05, 3.63) is 115 Å². The van der Waals surface area contributed by atoms with Crippen molar-refractivity contribution in [2.24, 2.45) is 13.0 Å². The summed E-state index contributed by atoms with van der Waals surface area (Å²) in [5.41, 5.74) is 8.68. The molecule has 0 radical (unpaired) electrons. The van der Waals surface area contributed by atoms with Crippen molar-refractivity contribution >= 4 is 49.3 Å². The number of aromatic nitrogens is 3. The van der Waals surface area contributed by atoms with E-state index in [1.54, 1.807) is 0 Å². The molecule has 0 bridgehead atoms. The molecule has 0 saturated carbocycles. The summed E-state index contributed by atoms with van der Waals surface area (Å²) < 4.78 is 6.90. The van der Waals surface area contributed by atoms with E-state index in [0.29, 0.717) is 5.92 Å². The number of aryl methyl sites for hydroxylation is 1. The number of hydrogen-bond donors (Lipinski definition) is 0. The van der Waals surface area contributed by atoms with E-state index in [1.165, 1.54) is 60.6 Å². The maximum atomic E-state index is 2.43. The molecule has 3 heterocycles. The highest BCUT2D eigenvalue weighted by atomic mass is 15.0. The van der Waals surface area contributed by atoms with Gasteiger partial charge in [0.05, 0.1) is 27.8 Å². The maximum absolute atomic E-state index is 2.43. The first-order valence-corrected chi connectivity index (χ1v) is 12.6. The molecule has 0 fully saturated rings. The lowest BCUT2D eigenvalue weighted by Crippen LogP contribution is -2.26. The van der Waals surface area contributed by atoms with Crippen molar-refractivity contribution in [1.82, 2.24) is 9.13 Å². The molecule has 0 aliphatic heterocycles. The molecule has 3 aromatic heterocycles. The molecule has 0 amide bonds. The molecule has 174 valence electrons. The molecule has 1 aliphatic rings. The van der Waals surface area contributed by atoms with E-state index in [1.807, 2.05) is 0 Å². The number of para-hydroxylation sites is 2. The normalized spacial score (nSPS) is 16.1. The van der Waals surface area contributed by atoms with Gasteiger partial charge >= 0.3 is 0 Å². The summed E-state index contributed by atoms with van der Waals surface area (Å²) >= 11 is 0. The Morgan fingerprint density at radius 3 is 1.92 bits per heavy atom. The Morgan fingerprint density at radius 2 is 1.25 bits per heavy atom. The van der Waals surface area contributed by atoms with Crippen LogP contribution in [0.3, 0.4) is 0 Å². The highest BCUT2D eigenvalue weighted by Gasteiger charge is 2.19. The Hall–Kier alpha value is -4.37. The number of pyridine rings is 1. The molecule has 1 atom stereocenters. The topological polar surface area (TPSA) is 13.7 Å². The Balaban J connectivity index is 1.62. The molecular weight excluding hydrogens is 438 g/mol. The van der Waals surface area contributed by atoms with E-state index in [9.17, 15) is 0 Å². The molecule has 36 heavy (non-hydrogen) atoms. The lowest BCUT2D eigenvalue weighted by Gasteiger charge is -2.09. The standard InChI is InChI=1S/C33H28N3/c1-22-12-14-24(15-13-23(22)2)35-30-10-6-4-8-26(30)28-21-33-29(20-32(28)35)27-9-5-7-11-31(27)36(33)25-16-18-34(3)19-17-25/h4-22H,1-3H3/q+1. The van der Waals surface area contributed by atoms with E-state index < -0.39 is 0 Å². The largest absolute Gasteiger partial charge is 0.309 e. The molecule has 6 aromatic rings. The molecule has 0 saturated heterocycles. The summed E-state index contributed by atoms with van der Waals surface area (Å²) in [5, 5.41) is 5.09. The van der Waals surface area contributed by atoms with E-state index >= 15 is 0 Å². The number of benzene rings is 3. The number of nitrogens with zero attached hydrogens (tertiary/aromatic N) is 3. The van der Waals surface area contributed by atoms with Gasteiger partial charge in [0, 0.05) is 39.4 Å². The van der Waals surface area contributed by atoms with Gasteiger partial charge in [-0.1, -0.05) is 61.0 Å². The number of hydrogen-bond acceptors (Lipinski definition) is 0. The highest BCUT2D eigenvalue weighted by molar-refractivity contribution is 6.19. The van der Waals surface area contributed by atoms with Crippen LogP contribution in [0.1, 0.15) is 13.8 Å². The summed E-state index contributed by atoms with van der Waals surface area (Å²) in [6.07, 6.45) is 13.3. The monoisotopic (exact) mass is 466 g/mol. The molecular formula is C33H28N3+. The molecule has 1 unspecified atom stereocenters. The Bertz CT molecular complexity index is 1910. The van der Waals surface area contributed by atoms with Gasteiger partial charge in [-0.05, 0) is 49.3 Å². The fourth-order valence-corrected chi connectivity index (χ4v) is 5.60. The van der Waals surface area contributed by atoms with Gasteiger partial charge in [0.2, 0.25) is 0 Å². The third kappa shape index (κ3) is 3.02. The third-order valence-electron chi connectivity index (χ3n) is 7.73. The fraction of sp³-hybridized carbons (Fsp3) is 0.121. The van der Waals surface area contributed by atoms with Crippen LogP contribution < -0.4 is 4.57 Å². The predicted molar refractivity (Wildman–Crippen MR) is 151 cm³/mol. The number of allylic oxidation sites excluding steroid dienone is 6. The van der Waals surface area contributed by atoms with Crippen molar-refractivity contribution in [3.63, 3.8) is 0 Å². The first kappa shape index (κ1) is 21.0. The van der Waals surface area contributed by atoms with Crippen LogP contribution in [0.2, 0.25) is 0 Å². The van der Waals surface area contributed by atoms with Gasteiger partial charge in [0.25, 0.3) is 0 Å². The second kappa shape index (κ2) is 7.82. The molecule has 0 spiro atoms. The van der Waals surface area contributed by atoms with Crippen molar-refractivity contribution in [2.45, 2.75) is 13.8 Å². The molecule has 3 heteroatoms. The zero-order chi connectivity index (χ0) is 24.4. The summed E-state index contributed by atoms with van der Waals surface area (Å²) in [6, 6.07) is 26.7. The van der Waals surface area contributed by atoms with Crippen LogP contribution in [-0.4, -0.2) is 9.13 Å². The van der Waals surface area contributed by atoms with Crippen LogP contribution in [0.25, 0.3) is 55.0 Å². The summed E-state index contributed by atoms with van der Waals surface area (Å²) in [4.78, 5) is 0. The van der Waals surface area contributed by atoms with Crippen molar-refractivity contribution in [2.75, 3.05) is 0 Å². The zero-order valence-electron chi connectivity index (χ0n) is 20.8. The van der Waals surface area contributed by atoms with Crippen LogP contribution in [0, 0.1) is 5.92 Å². The minimum absolute atomic E-state index is 0.434. The molecule has 7 rings (SSSR count). The predicted octanol–water partition coefficient (Wildman–Crippen LogP) is 7.71. The van der Waals surface area contributed by atoms with E-state index in [2.05, 4.69) is 144 Å². The van der Waals surface area contributed by atoms with Crippen molar-refractivity contribution in [1.29, 1.82) is 0 Å². The third-order valence-corrected chi connectivity index (χ3v) is 7.73. The minimum atomic E-state index is 0.434. The maximum Gasteiger partial charge on any atom is 0.170 e. The molecule has 3 nitrogen and oxygen atoms in total. The molecule has 1 aliphatic carbocycles. The van der Waals surface area contributed by atoms with Gasteiger partial charge in [-0.15, -0.1) is 0 Å². The fourth-order valence-electron chi connectivity index (χ4n) is 5.60. The smallest absolute Gasteiger partial charge is 0.170 e. The number of fused-ring (bicyclic) bond motifs is 6. The average Bonchev–Trinajstić information content (AvgIpc) is 3.34. The molecule has 0 N–H and O–H groups in total. The van der Waals surface area contributed by atoms with E-state index in [4.69, 9.17) is 0 Å². The Labute approximate surface area is 210 Å². The van der Waals surface area contributed by atoms with Gasteiger partial charge in [-0.25, -0.2) is 4.57 Å². The SMILES string of the molecule is CC1=CC=C(n2c3ccccc3c3cc4c(cc32)c2ccccc2n4-c2cc[n+](C)cc2)C=CC1C. The minimum Gasteiger partial charge on any atom is -0.309 e. The van der Waals surface area contributed by atoms with Crippen molar-refractivity contribution in [3.8, 4) is 5.69 Å². The Morgan fingerprint density at radius 1 is 0.667 bits per heavy atom. The van der Waals surface area contributed by atoms with Gasteiger partial charge in [0.15, 0.2) is 12.4 Å². The van der Waals surface area contributed by atoms with Crippen LogP contribution in [0.4, 0.5) is 0 Å². The number of rotatable bonds is 2. The van der Waals surface area contributed by atoms with Crippen LogP contribution in [0.15, 0.2) is 115 Å². The van der Waals surface area contributed by atoms with Crippen LogP contribution in [0.5, 0.6) is 0 Å². The van der Waals surface area contributed by atoms with Crippen LogP contribution >= 0.6 is 0 Å². The first-order chi connectivity index (χ1) is 17.6. The van der Waals surface area contributed by atoms with Crippen molar-refractivity contribution < 1.29 is 4.57 Å². The Kier molecular flexibility index (Phi) is 4.55. The molecule has 3 aromatic carbocycles. The second-order valence-electron chi connectivity index (χ2n) is 9.96. The van der Waals surface area contributed by atoms with Gasteiger partial charge < -0.3 is 9.13 Å². The summed E-state index contributed by atoms with van der Waals surface area (Å²) in [6.45, 7) is 4.47. The lowest BCUT2D eigenvalue weighted by atomic mass is 10.0. The summed E-state index contributed by atoms with van der Waals surface area (Å²) in [7, 11) is 2.06. The van der Waals surface area contributed by atoms with Crippen LogP contribution in [-0.2, 0) is 7.05 Å². The lowest BCUT2D eigenvalue weighted by molar-refractivity contribution is -0.671. The average molecular weight is 467 g/mol. The van der Waals surface area contributed by atoms with Gasteiger partial charge in [-0.3, -0.25) is 0 Å². The van der Waals surface area contributed by atoms with E-state index in [0.717, 1.165) is 0 Å². The summed E-state index contributed by atoms with van der Waals surface area (Å²) in [5.74, 6) is 0.434. The zero-order valence-corrected chi connectivity index (χ0v) is 20.8. The quantitative estimate of drug-likeness (QED) is 0.232. The van der Waals surface area contributed by atoms with E-state index in [-0.39, 0.29) is 0 Å². The highest BCUT2D eigenvalue weighted by Crippen LogP contribution is 2.39. The second-order valence-corrected chi connectivity index (χ2v) is 9.96.